The molecule has 2 rings (SSSR count). The van der Waals surface area contributed by atoms with Crippen molar-refractivity contribution >= 4 is 27.0 Å². The molecule has 0 radical (unpaired) electrons. The molecular weight excluding hydrogens is 386 g/mol. The molecule has 27 heavy (non-hydrogen) atoms. The first-order valence-electron chi connectivity index (χ1n) is 8.79. The van der Waals surface area contributed by atoms with E-state index in [0.29, 0.717) is 18.7 Å². The van der Waals surface area contributed by atoms with Gasteiger partial charge in [-0.1, -0.05) is 26.0 Å². The van der Waals surface area contributed by atoms with Crippen molar-refractivity contribution in [2.45, 2.75) is 32.2 Å². The second-order valence-corrected chi connectivity index (χ2v) is 9.09. The summed E-state index contributed by atoms with van der Waals surface area (Å²) in [5, 5.41) is 13.0. The lowest BCUT2D eigenvalue weighted by Crippen LogP contribution is -2.38. The first kappa shape index (κ1) is 21.5. The van der Waals surface area contributed by atoms with E-state index in [1.807, 2.05) is 31.4 Å². The molecule has 0 saturated heterocycles. The topological polar surface area (TPSA) is 83.8 Å². The largest absolute Gasteiger partial charge is 0.303 e. The SMILES string of the molecule is CCN(CC)CCN(Cc1cccs1)S(=O)(=O)c1cc([N+](=O)[O-])ccc1C. The maximum atomic E-state index is 13.3. The molecule has 0 atom stereocenters. The zero-order chi connectivity index (χ0) is 20.0. The summed E-state index contributed by atoms with van der Waals surface area (Å²) < 4.78 is 28.1. The molecule has 148 valence electrons. The lowest BCUT2D eigenvalue weighted by molar-refractivity contribution is -0.385. The number of likely N-dealkylation sites (N-methyl/N-ethyl adjacent to an activating group) is 1. The Balaban J connectivity index is 2.39. The maximum Gasteiger partial charge on any atom is 0.270 e. The van der Waals surface area contributed by atoms with Gasteiger partial charge >= 0.3 is 0 Å². The smallest absolute Gasteiger partial charge is 0.270 e. The molecule has 1 heterocycles. The first-order valence-corrected chi connectivity index (χ1v) is 11.1. The zero-order valence-corrected chi connectivity index (χ0v) is 17.4. The van der Waals surface area contributed by atoms with Gasteiger partial charge in [0.15, 0.2) is 0 Å². The van der Waals surface area contributed by atoms with E-state index < -0.39 is 14.9 Å². The average Bonchev–Trinajstić information content (AvgIpc) is 3.14. The molecule has 0 fully saturated rings. The molecule has 0 amide bonds. The summed E-state index contributed by atoms with van der Waals surface area (Å²) >= 11 is 1.49. The van der Waals surface area contributed by atoms with E-state index in [2.05, 4.69) is 4.90 Å². The quantitative estimate of drug-likeness (QED) is 0.441. The standard InChI is InChI=1S/C18H25N3O4S2/c1-4-19(5-2)10-11-20(14-17-7-6-12-26-17)27(24,25)18-13-16(21(22)23)9-8-15(18)3/h6-9,12-13H,4-5,10-11,14H2,1-3H3. The van der Waals surface area contributed by atoms with Crippen molar-refractivity contribution in [1.29, 1.82) is 0 Å². The van der Waals surface area contributed by atoms with Gasteiger partial charge in [0.2, 0.25) is 10.0 Å². The number of nitro benzene ring substituents is 1. The Hall–Kier alpha value is -1.81. The second-order valence-electron chi connectivity index (χ2n) is 6.15. The van der Waals surface area contributed by atoms with Gasteiger partial charge < -0.3 is 4.90 Å². The van der Waals surface area contributed by atoms with Crippen molar-refractivity contribution in [3.63, 3.8) is 0 Å². The Labute approximate surface area is 164 Å². The van der Waals surface area contributed by atoms with Crippen LogP contribution in [0.25, 0.3) is 0 Å². The molecule has 0 aliphatic rings. The molecule has 0 N–H and O–H groups in total. The summed E-state index contributed by atoms with van der Waals surface area (Å²) in [5.41, 5.74) is 0.276. The highest BCUT2D eigenvalue weighted by Gasteiger charge is 2.28. The summed E-state index contributed by atoms with van der Waals surface area (Å²) in [7, 11) is -3.87. The van der Waals surface area contributed by atoms with Crippen LogP contribution in [0.1, 0.15) is 24.3 Å². The maximum absolute atomic E-state index is 13.3. The number of benzene rings is 1. The van der Waals surface area contributed by atoms with Gasteiger partial charge in [-0.15, -0.1) is 11.3 Å². The van der Waals surface area contributed by atoms with Crippen molar-refractivity contribution in [2.24, 2.45) is 0 Å². The van der Waals surface area contributed by atoms with Gasteiger partial charge in [0.05, 0.1) is 9.82 Å². The molecule has 0 saturated carbocycles. The molecule has 1 aromatic heterocycles. The molecule has 0 bridgehead atoms. The number of thiophene rings is 1. The number of nitro groups is 1. The van der Waals surface area contributed by atoms with Gasteiger partial charge in [-0.3, -0.25) is 10.1 Å². The fourth-order valence-corrected chi connectivity index (χ4v) is 5.23. The second kappa shape index (κ2) is 9.41. The molecule has 0 aliphatic carbocycles. The van der Waals surface area contributed by atoms with Crippen LogP contribution in [0.3, 0.4) is 0 Å². The number of rotatable bonds is 10. The third kappa shape index (κ3) is 5.35. The monoisotopic (exact) mass is 411 g/mol. The van der Waals surface area contributed by atoms with Gasteiger partial charge in [0.1, 0.15) is 0 Å². The molecule has 0 spiro atoms. The van der Waals surface area contributed by atoms with Crippen molar-refractivity contribution < 1.29 is 13.3 Å². The lowest BCUT2D eigenvalue weighted by Gasteiger charge is -2.26. The predicted octanol–water partition coefficient (Wildman–Crippen LogP) is 3.50. The average molecular weight is 412 g/mol. The van der Waals surface area contributed by atoms with Crippen molar-refractivity contribution in [3.8, 4) is 0 Å². The Morgan fingerprint density at radius 3 is 2.41 bits per heavy atom. The van der Waals surface area contributed by atoms with E-state index in [4.69, 9.17) is 0 Å². The predicted molar refractivity (Wildman–Crippen MR) is 108 cm³/mol. The number of hydrogen-bond acceptors (Lipinski definition) is 6. The van der Waals surface area contributed by atoms with E-state index in [1.165, 1.54) is 27.8 Å². The third-order valence-electron chi connectivity index (χ3n) is 4.47. The van der Waals surface area contributed by atoms with Crippen LogP contribution in [0.5, 0.6) is 0 Å². The number of sulfonamides is 1. The van der Waals surface area contributed by atoms with Gasteiger partial charge in [0.25, 0.3) is 5.69 Å². The minimum Gasteiger partial charge on any atom is -0.303 e. The zero-order valence-electron chi connectivity index (χ0n) is 15.8. The first-order chi connectivity index (χ1) is 12.8. The van der Waals surface area contributed by atoms with Gasteiger partial charge in [0, 0.05) is 36.6 Å². The fraction of sp³-hybridized carbons (Fsp3) is 0.444. The minimum atomic E-state index is -3.87. The van der Waals surface area contributed by atoms with Crippen LogP contribution < -0.4 is 0 Å². The van der Waals surface area contributed by atoms with Crippen LogP contribution in [0, 0.1) is 17.0 Å². The van der Waals surface area contributed by atoms with Crippen molar-refractivity contribution in [2.75, 3.05) is 26.2 Å². The number of nitrogens with zero attached hydrogens (tertiary/aromatic N) is 3. The minimum absolute atomic E-state index is 0.00666. The van der Waals surface area contributed by atoms with E-state index in [-0.39, 0.29) is 17.1 Å². The molecule has 9 heteroatoms. The molecule has 1 aromatic carbocycles. The van der Waals surface area contributed by atoms with Crippen molar-refractivity contribution in [3.05, 3.63) is 56.3 Å². The third-order valence-corrected chi connectivity index (χ3v) is 7.32. The number of hydrogen-bond donors (Lipinski definition) is 0. The summed E-state index contributed by atoms with van der Waals surface area (Å²) in [5.74, 6) is 0. The molecule has 0 aliphatic heterocycles. The molecular formula is C18H25N3O4S2. The van der Waals surface area contributed by atoms with Gasteiger partial charge in [-0.05, 0) is 37.0 Å². The van der Waals surface area contributed by atoms with Crippen LogP contribution >= 0.6 is 11.3 Å². The molecule has 2 aromatic rings. The van der Waals surface area contributed by atoms with Crippen LogP contribution in [-0.4, -0.2) is 48.7 Å². The lowest BCUT2D eigenvalue weighted by atomic mass is 10.2. The summed E-state index contributed by atoms with van der Waals surface area (Å²) in [6.07, 6.45) is 0. The molecule has 0 unspecified atom stereocenters. The van der Waals surface area contributed by atoms with Crippen LogP contribution in [0.4, 0.5) is 5.69 Å². The van der Waals surface area contributed by atoms with Crippen LogP contribution in [0.2, 0.25) is 0 Å². The van der Waals surface area contributed by atoms with Gasteiger partial charge in [-0.25, -0.2) is 8.42 Å². The summed E-state index contributed by atoms with van der Waals surface area (Å²) in [6, 6.07) is 7.74. The van der Waals surface area contributed by atoms with E-state index in [9.17, 15) is 18.5 Å². The fourth-order valence-electron chi connectivity index (χ4n) is 2.77. The summed E-state index contributed by atoms with van der Waals surface area (Å²) in [4.78, 5) is 13.6. The highest BCUT2D eigenvalue weighted by molar-refractivity contribution is 7.89. The highest BCUT2D eigenvalue weighted by atomic mass is 32.2. The Morgan fingerprint density at radius 1 is 1.15 bits per heavy atom. The van der Waals surface area contributed by atoms with Crippen LogP contribution in [0.15, 0.2) is 40.6 Å². The summed E-state index contributed by atoms with van der Waals surface area (Å²) in [6.45, 7) is 8.57. The Kier molecular flexibility index (Phi) is 7.49. The van der Waals surface area contributed by atoms with E-state index in [0.717, 1.165) is 24.0 Å². The van der Waals surface area contributed by atoms with Gasteiger partial charge in [-0.2, -0.15) is 4.31 Å². The highest BCUT2D eigenvalue weighted by Crippen LogP contribution is 2.26. The Morgan fingerprint density at radius 2 is 1.85 bits per heavy atom. The normalized spacial score (nSPS) is 12.0. The Bertz CT molecular complexity index is 863. The van der Waals surface area contributed by atoms with E-state index in [1.54, 1.807) is 6.92 Å². The molecule has 7 nitrogen and oxygen atoms in total. The van der Waals surface area contributed by atoms with Crippen LogP contribution in [-0.2, 0) is 16.6 Å². The van der Waals surface area contributed by atoms with E-state index >= 15 is 0 Å². The number of aryl methyl sites for hydroxylation is 1. The van der Waals surface area contributed by atoms with Crippen molar-refractivity contribution in [1.82, 2.24) is 9.21 Å². The number of non-ortho nitro benzene ring substituents is 1.